The summed E-state index contributed by atoms with van der Waals surface area (Å²) in [6, 6.07) is 18.9. The fourth-order valence-corrected chi connectivity index (χ4v) is 4.83. The van der Waals surface area contributed by atoms with Crippen molar-refractivity contribution in [2.45, 2.75) is 31.5 Å². The number of amides is 1. The zero-order valence-corrected chi connectivity index (χ0v) is 19.2. The van der Waals surface area contributed by atoms with Crippen molar-refractivity contribution in [3.05, 3.63) is 65.7 Å². The number of nitrogens with zero attached hydrogens (tertiary/aromatic N) is 2. The number of hydrogen-bond acceptors (Lipinski definition) is 4. The molecular formula is C25H29F3N2O4. The average molecular weight is 479 g/mol. The predicted molar refractivity (Wildman–Crippen MR) is 120 cm³/mol. The first-order chi connectivity index (χ1) is 16.1. The number of piperidine rings is 1. The zero-order valence-electron chi connectivity index (χ0n) is 19.2. The molecule has 2 aromatic carbocycles. The lowest BCUT2D eigenvalue weighted by Gasteiger charge is -2.41. The second-order valence-electron chi connectivity index (χ2n) is 8.73. The molecule has 0 radical (unpaired) electrons. The molecule has 2 heterocycles. The third-order valence-corrected chi connectivity index (χ3v) is 6.65. The van der Waals surface area contributed by atoms with Gasteiger partial charge in [-0.05, 0) is 49.2 Å². The average Bonchev–Trinajstić information content (AvgIpc) is 3.06. The Hall–Kier alpha value is -3.07. The lowest BCUT2D eigenvalue weighted by atomic mass is 9.68. The summed E-state index contributed by atoms with van der Waals surface area (Å²) in [5.41, 5.74) is 2.37. The van der Waals surface area contributed by atoms with Gasteiger partial charge in [0.15, 0.2) is 0 Å². The van der Waals surface area contributed by atoms with Gasteiger partial charge in [0.05, 0.1) is 12.5 Å². The molecule has 1 amide bonds. The molecule has 184 valence electrons. The van der Waals surface area contributed by atoms with Crippen LogP contribution in [-0.4, -0.2) is 66.8 Å². The number of rotatable bonds is 4. The van der Waals surface area contributed by atoms with Gasteiger partial charge in [-0.2, -0.15) is 13.2 Å². The van der Waals surface area contributed by atoms with E-state index in [0.717, 1.165) is 44.8 Å². The molecule has 0 aliphatic carbocycles. The van der Waals surface area contributed by atoms with Crippen LogP contribution in [0.5, 0.6) is 5.75 Å². The third kappa shape index (κ3) is 5.70. The fraction of sp³-hybridized carbons (Fsp3) is 0.440. The van der Waals surface area contributed by atoms with Crippen LogP contribution >= 0.6 is 0 Å². The molecule has 1 atom stereocenters. The first kappa shape index (κ1) is 25.6. The van der Waals surface area contributed by atoms with E-state index < -0.39 is 12.1 Å². The van der Waals surface area contributed by atoms with Crippen LogP contribution in [-0.2, 0) is 16.1 Å². The van der Waals surface area contributed by atoms with E-state index in [1.165, 1.54) is 11.1 Å². The molecule has 2 aliphatic rings. The maximum Gasteiger partial charge on any atom is 0.490 e. The Kier molecular flexibility index (Phi) is 7.86. The number of halogens is 3. The number of benzene rings is 2. The number of aliphatic carboxylic acids is 1. The summed E-state index contributed by atoms with van der Waals surface area (Å²) in [4.78, 5) is 26.4. The highest BCUT2D eigenvalue weighted by atomic mass is 19.4. The number of likely N-dealkylation sites (N-methyl/N-ethyl adjacent to an activating group) is 1. The number of hydrogen-bond donors (Lipinski definition) is 1. The van der Waals surface area contributed by atoms with Crippen LogP contribution < -0.4 is 4.74 Å². The summed E-state index contributed by atoms with van der Waals surface area (Å²) in [5.74, 6) is -1.23. The lowest BCUT2D eigenvalue weighted by molar-refractivity contribution is -0.192. The Bertz CT molecular complexity index is 972. The maximum absolute atomic E-state index is 13.1. The van der Waals surface area contributed by atoms with Gasteiger partial charge in [-0.1, -0.05) is 42.5 Å². The van der Waals surface area contributed by atoms with Crippen molar-refractivity contribution in [3.63, 3.8) is 0 Å². The van der Waals surface area contributed by atoms with E-state index in [1.54, 1.807) is 7.11 Å². The Morgan fingerprint density at radius 2 is 1.65 bits per heavy atom. The summed E-state index contributed by atoms with van der Waals surface area (Å²) < 4.78 is 37.0. The number of carbonyl (C=O) groups excluding carboxylic acids is 1. The highest BCUT2D eigenvalue weighted by Crippen LogP contribution is 2.50. The number of alkyl halides is 3. The van der Waals surface area contributed by atoms with E-state index in [2.05, 4.69) is 41.3 Å². The van der Waals surface area contributed by atoms with E-state index >= 15 is 0 Å². The quantitative estimate of drug-likeness (QED) is 0.715. The van der Waals surface area contributed by atoms with Gasteiger partial charge in [0.25, 0.3) is 0 Å². The SMILES string of the molecule is COc1ccc(CN2CCC3(CC2)C(=O)N(C)CC3c2ccccc2)cc1.O=C(O)C(F)(F)F. The highest BCUT2D eigenvalue weighted by molar-refractivity contribution is 5.86. The van der Waals surface area contributed by atoms with Gasteiger partial charge in [-0.3, -0.25) is 9.69 Å². The molecule has 0 aromatic heterocycles. The molecule has 34 heavy (non-hydrogen) atoms. The molecule has 2 fully saturated rings. The van der Waals surface area contributed by atoms with Crippen LogP contribution in [0.25, 0.3) is 0 Å². The van der Waals surface area contributed by atoms with Crippen LogP contribution in [0.4, 0.5) is 13.2 Å². The monoisotopic (exact) mass is 478 g/mol. The predicted octanol–water partition coefficient (Wildman–Crippen LogP) is 4.17. The van der Waals surface area contributed by atoms with Crippen molar-refractivity contribution >= 4 is 11.9 Å². The van der Waals surface area contributed by atoms with Crippen LogP contribution in [0.2, 0.25) is 0 Å². The topological polar surface area (TPSA) is 70.1 Å². The van der Waals surface area contributed by atoms with E-state index in [1.807, 2.05) is 30.1 Å². The summed E-state index contributed by atoms with van der Waals surface area (Å²) in [6.45, 7) is 3.70. The molecule has 0 saturated carbocycles. The Morgan fingerprint density at radius 3 is 2.15 bits per heavy atom. The highest BCUT2D eigenvalue weighted by Gasteiger charge is 2.54. The number of likely N-dealkylation sites (tertiary alicyclic amines) is 2. The van der Waals surface area contributed by atoms with Crippen LogP contribution in [0.15, 0.2) is 54.6 Å². The minimum Gasteiger partial charge on any atom is -0.497 e. The molecule has 9 heteroatoms. The van der Waals surface area contributed by atoms with Gasteiger partial charge >= 0.3 is 12.1 Å². The van der Waals surface area contributed by atoms with Crippen molar-refractivity contribution < 1.29 is 32.6 Å². The largest absolute Gasteiger partial charge is 0.497 e. The Labute approximate surface area is 196 Å². The van der Waals surface area contributed by atoms with Crippen molar-refractivity contribution in [3.8, 4) is 5.75 Å². The Morgan fingerprint density at radius 1 is 1.09 bits per heavy atom. The van der Waals surface area contributed by atoms with E-state index in [-0.39, 0.29) is 5.41 Å². The molecule has 1 N–H and O–H groups in total. The number of carbonyl (C=O) groups is 2. The van der Waals surface area contributed by atoms with E-state index in [0.29, 0.717) is 11.8 Å². The molecule has 2 aliphatic heterocycles. The molecule has 1 unspecified atom stereocenters. The van der Waals surface area contributed by atoms with Gasteiger partial charge in [-0.25, -0.2) is 4.79 Å². The lowest BCUT2D eigenvalue weighted by Crippen LogP contribution is -2.45. The molecule has 2 aromatic rings. The minimum atomic E-state index is -5.08. The molecule has 4 rings (SSSR count). The first-order valence-electron chi connectivity index (χ1n) is 11.0. The molecular weight excluding hydrogens is 449 g/mol. The van der Waals surface area contributed by atoms with E-state index in [9.17, 15) is 18.0 Å². The minimum absolute atomic E-state index is 0.230. The summed E-state index contributed by atoms with van der Waals surface area (Å²) in [6.07, 6.45) is -3.21. The second kappa shape index (κ2) is 10.5. The smallest absolute Gasteiger partial charge is 0.490 e. The fourth-order valence-electron chi connectivity index (χ4n) is 4.83. The van der Waals surface area contributed by atoms with Crippen LogP contribution in [0, 0.1) is 5.41 Å². The van der Waals surface area contributed by atoms with Gasteiger partial charge in [-0.15, -0.1) is 0 Å². The summed E-state index contributed by atoms with van der Waals surface area (Å²) in [5, 5.41) is 7.12. The van der Waals surface area contributed by atoms with Gasteiger partial charge < -0.3 is 14.7 Å². The van der Waals surface area contributed by atoms with Crippen LogP contribution in [0.3, 0.4) is 0 Å². The number of carboxylic acids is 1. The molecule has 6 nitrogen and oxygen atoms in total. The molecule has 1 spiro atoms. The standard InChI is InChI=1S/C23H28N2O2.C2HF3O2/c1-24-17-21(19-6-4-3-5-7-19)23(22(24)26)12-14-25(15-13-23)16-18-8-10-20(27-2)11-9-18;3-2(4,5)1(6)7/h3-11,21H,12-17H2,1-2H3;(H,6,7). The van der Waals surface area contributed by atoms with Gasteiger partial charge in [0, 0.05) is 26.1 Å². The summed E-state index contributed by atoms with van der Waals surface area (Å²) in [7, 11) is 3.65. The molecule has 2 saturated heterocycles. The third-order valence-electron chi connectivity index (χ3n) is 6.65. The van der Waals surface area contributed by atoms with Crippen molar-refractivity contribution in [1.82, 2.24) is 9.80 Å². The van der Waals surface area contributed by atoms with Gasteiger partial charge in [0.1, 0.15) is 5.75 Å². The number of methoxy groups -OCH3 is 1. The summed E-state index contributed by atoms with van der Waals surface area (Å²) >= 11 is 0. The zero-order chi connectivity index (χ0) is 24.9. The Balaban J connectivity index is 0.000000406. The number of carboxylic acid groups (broad SMARTS) is 1. The van der Waals surface area contributed by atoms with Gasteiger partial charge in [0.2, 0.25) is 5.91 Å². The van der Waals surface area contributed by atoms with Crippen molar-refractivity contribution in [2.24, 2.45) is 5.41 Å². The second-order valence-corrected chi connectivity index (χ2v) is 8.73. The number of ether oxygens (including phenoxy) is 1. The normalized spacial score (nSPS) is 20.1. The van der Waals surface area contributed by atoms with Crippen LogP contribution in [0.1, 0.15) is 29.9 Å². The molecule has 0 bridgehead atoms. The van der Waals surface area contributed by atoms with Crippen molar-refractivity contribution in [2.75, 3.05) is 33.8 Å². The van der Waals surface area contributed by atoms with E-state index in [4.69, 9.17) is 14.6 Å². The first-order valence-corrected chi connectivity index (χ1v) is 11.0. The van der Waals surface area contributed by atoms with Crippen molar-refractivity contribution in [1.29, 1.82) is 0 Å². The maximum atomic E-state index is 13.1.